The molecule has 0 saturated carbocycles. The van der Waals surface area contributed by atoms with Crippen LogP contribution in [0.5, 0.6) is 0 Å². The second-order valence-corrected chi connectivity index (χ2v) is 6.42. The molecule has 0 aliphatic rings. The van der Waals surface area contributed by atoms with Gasteiger partial charge in [-0.3, -0.25) is 4.79 Å². The van der Waals surface area contributed by atoms with Crippen LogP contribution in [0.3, 0.4) is 0 Å². The minimum Gasteiger partial charge on any atom is -0.465 e. The van der Waals surface area contributed by atoms with E-state index in [0.29, 0.717) is 10.6 Å². The molecule has 0 aliphatic heterocycles. The van der Waals surface area contributed by atoms with Crippen molar-refractivity contribution in [1.29, 1.82) is 0 Å². The molecule has 0 aliphatic carbocycles. The van der Waals surface area contributed by atoms with Crippen molar-refractivity contribution in [2.45, 2.75) is 27.2 Å². The van der Waals surface area contributed by atoms with Gasteiger partial charge in [0.05, 0.1) is 19.1 Å². The van der Waals surface area contributed by atoms with E-state index in [1.165, 1.54) is 18.4 Å². The number of benzene rings is 1. The zero-order valence-corrected chi connectivity index (χ0v) is 14.0. The number of carbonyl (C=O) groups is 2. The largest absolute Gasteiger partial charge is 0.465 e. The molecule has 0 bridgehead atoms. The van der Waals surface area contributed by atoms with Gasteiger partial charge in [0, 0.05) is 4.88 Å². The van der Waals surface area contributed by atoms with Crippen LogP contribution in [0.4, 0.5) is 5.00 Å². The van der Waals surface area contributed by atoms with Crippen molar-refractivity contribution in [3.63, 3.8) is 0 Å². The summed E-state index contributed by atoms with van der Waals surface area (Å²) in [6.07, 6.45) is 0.276. The van der Waals surface area contributed by atoms with Crippen molar-refractivity contribution < 1.29 is 14.3 Å². The predicted octanol–water partition coefficient (Wildman–Crippen LogP) is 3.64. The van der Waals surface area contributed by atoms with Gasteiger partial charge in [-0.1, -0.05) is 29.8 Å². The van der Waals surface area contributed by atoms with Gasteiger partial charge in [0.2, 0.25) is 5.91 Å². The quantitative estimate of drug-likeness (QED) is 0.876. The highest BCUT2D eigenvalue weighted by Crippen LogP contribution is 2.33. The topological polar surface area (TPSA) is 55.4 Å². The van der Waals surface area contributed by atoms with E-state index in [1.54, 1.807) is 0 Å². The van der Waals surface area contributed by atoms with Gasteiger partial charge in [-0.15, -0.1) is 11.3 Å². The molecule has 1 aromatic carbocycles. The number of rotatable bonds is 4. The Labute approximate surface area is 134 Å². The predicted molar refractivity (Wildman–Crippen MR) is 88.6 cm³/mol. The highest BCUT2D eigenvalue weighted by molar-refractivity contribution is 7.16. The molecule has 1 aromatic heterocycles. The first-order chi connectivity index (χ1) is 10.4. The summed E-state index contributed by atoms with van der Waals surface area (Å²) in [6.45, 7) is 5.76. The fraction of sp³-hybridized carbons (Fsp3) is 0.294. The van der Waals surface area contributed by atoms with Crippen molar-refractivity contribution in [2.24, 2.45) is 0 Å². The Morgan fingerprint density at radius 3 is 2.59 bits per heavy atom. The van der Waals surface area contributed by atoms with Crippen LogP contribution in [-0.4, -0.2) is 19.0 Å². The lowest BCUT2D eigenvalue weighted by molar-refractivity contribution is -0.115. The Balaban J connectivity index is 2.18. The van der Waals surface area contributed by atoms with E-state index >= 15 is 0 Å². The van der Waals surface area contributed by atoms with Crippen LogP contribution in [0.15, 0.2) is 24.3 Å². The maximum absolute atomic E-state index is 12.2. The van der Waals surface area contributed by atoms with Crippen LogP contribution >= 0.6 is 11.3 Å². The molecule has 5 heteroatoms. The lowest BCUT2D eigenvalue weighted by atomic mass is 10.1. The molecule has 0 spiro atoms. The number of aryl methyl sites for hydroxylation is 2. The minimum atomic E-state index is -0.423. The summed E-state index contributed by atoms with van der Waals surface area (Å²) >= 11 is 1.39. The summed E-state index contributed by atoms with van der Waals surface area (Å²) in [4.78, 5) is 25.1. The van der Waals surface area contributed by atoms with Crippen LogP contribution < -0.4 is 5.32 Å². The number of esters is 1. The van der Waals surface area contributed by atoms with E-state index in [-0.39, 0.29) is 12.3 Å². The van der Waals surface area contributed by atoms with Gasteiger partial charge in [-0.25, -0.2) is 4.79 Å². The maximum Gasteiger partial charge on any atom is 0.341 e. The molecule has 1 amide bonds. The lowest BCUT2D eigenvalue weighted by Gasteiger charge is -2.07. The van der Waals surface area contributed by atoms with Crippen LogP contribution in [0.2, 0.25) is 0 Å². The standard InChI is InChI=1S/C17H19NO3S/c1-10-6-5-7-13(8-10)9-14(19)18-16-15(17(20)21-4)11(2)12(3)22-16/h5-8H,9H2,1-4H3,(H,18,19). The Bertz CT molecular complexity index is 719. The second kappa shape index (κ2) is 6.75. The fourth-order valence-corrected chi connectivity index (χ4v) is 3.31. The molecule has 2 rings (SSSR count). The molecular formula is C17H19NO3S. The average molecular weight is 317 g/mol. The van der Waals surface area contributed by atoms with Gasteiger partial charge < -0.3 is 10.1 Å². The third kappa shape index (κ3) is 3.54. The van der Waals surface area contributed by atoms with Crippen LogP contribution in [0, 0.1) is 20.8 Å². The smallest absolute Gasteiger partial charge is 0.341 e. The van der Waals surface area contributed by atoms with Crippen molar-refractivity contribution >= 4 is 28.2 Å². The molecule has 0 atom stereocenters. The number of carbonyl (C=O) groups excluding carboxylic acids is 2. The first kappa shape index (κ1) is 16.2. The molecule has 2 aromatic rings. The summed E-state index contributed by atoms with van der Waals surface area (Å²) < 4.78 is 4.80. The molecular weight excluding hydrogens is 298 g/mol. The van der Waals surface area contributed by atoms with Gasteiger partial charge in [-0.2, -0.15) is 0 Å². The van der Waals surface area contributed by atoms with E-state index in [9.17, 15) is 9.59 Å². The summed E-state index contributed by atoms with van der Waals surface area (Å²) in [5.74, 6) is -0.565. The van der Waals surface area contributed by atoms with E-state index < -0.39 is 5.97 Å². The second-order valence-electron chi connectivity index (χ2n) is 5.19. The molecule has 0 fully saturated rings. The van der Waals surface area contributed by atoms with Crippen molar-refractivity contribution in [3.05, 3.63) is 51.4 Å². The Morgan fingerprint density at radius 2 is 1.95 bits per heavy atom. The van der Waals surface area contributed by atoms with Crippen LogP contribution in [0.1, 0.15) is 31.9 Å². The number of hydrogen-bond acceptors (Lipinski definition) is 4. The fourth-order valence-electron chi connectivity index (χ4n) is 2.24. The van der Waals surface area contributed by atoms with E-state index in [1.807, 2.05) is 45.0 Å². The SMILES string of the molecule is COC(=O)c1c(NC(=O)Cc2cccc(C)c2)sc(C)c1C. The number of hydrogen-bond donors (Lipinski definition) is 1. The number of nitrogens with one attached hydrogen (secondary N) is 1. The number of methoxy groups -OCH3 is 1. The highest BCUT2D eigenvalue weighted by Gasteiger charge is 2.21. The summed E-state index contributed by atoms with van der Waals surface area (Å²) in [5, 5.41) is 3.39. The highest BCUT2D eigenvalue weighted by atomic mass is 32.1. The Kier molecular flexibility index (Phi) is 4.98. The van der Waals surface area contributed by atoms with E-state index in [4.69, 9.17) is 4.74 Å². The molecule has 4 nitrogen and oxygen atoms in total. The summed E-state index contributed by atoms with van der Waals surface area (Å²) in [5.41, 5.74) is 3.36. The summed E-state index contributed by atoms with van der Waals surface area (Å²) in [6, 6.07) is 7.81. The monoisotopic (exact) mass is 317 g/mol. The summed E-state index contributed by atoms with van der Waals surface area (Å²) in [7, 11) is 1.34. The number of amides is 1. The first-order valence-corrected chi connectivity index (χ1v) is 7.77. The van der Waals surface area contributed by atoms with Gasteiger partial charge in [0.1, 0.15) is 5.00 Å². The Hall–Kier alpha value is -2.14. The van der Waals surface area contributed by atoms with Crippen LogP contribution in [-0.2, 0) is 16.0 Å². The average Bonchev–Trinajstić information content (AvgIpc) is 2.72. The molecule has 0 saturated heterocycles. The van der Waals surface area contributed by atoms with Crippen molar-refractivity contribution in [3.8, 4) is 0 Å². The zero-order valence-electron chi connectivity index (χ0n) is 13.1. The van der Waals surface area contributed by atoms with Crippen molar-refractivity contribution in [1.82, 2.24) is 0 Å². The lowest BCUT2D eigenvalue weighted by Crippen LogP contribution is -2.16. The number of thiophene rings is 1. The Morgan fingerprint density at radius 1 is 1.23 bits per heavy atom. The zero-order chi connectivity index (χ0) is 16.3. The van der Waals surface area contributed by atoms with Crippen LogP contribution in [0.25, 0.3) is 0 Å². The molecule has 1 heterocycles. The normalized spacial score (nSPS) is 10.4. The van der Waals surface area contributed by atoms with Gasteiger partial charge in [0.15, 0.2) is 0 Å². The van der Waals surface area contributed by atoms with E-state index in [0.717, 1.165) is 21.6 Å². The third-order valence-corrected chi connectivity index (χ3v) is 4.60. The van der Waals surface area contributed by atoms with Gasteiger partial charge in [-0.05, 0) is 31.9 Å². The molecule has 22 heavy (non-hydrogen) atoms. The molecule has 1 N–H and O–H groups in total. The van der Waals surface area contributed by atoms with E-state index in [2.05, 4.69) is 5.32 Å². The molecule has 116 valence electrons. The van der Waals surface area contributed by atoms with Gasteiger partial charge in [0.25, 0.3) is 0 Å². The van der Waals surface area contributed by atoms with Crippen molar-refractivity contribution in [2.75, 3.05) is 12.4 Å². The first-order valence-electron chi connectivity index (χ1n) is 6.96. The van der Waals surface area contributed by atoms with Gasteiger partial charge >= 0.3 is 5.97 Å². The maximum atomic E-state index is 12.2. The number of anilines is 1. The minimum absolute atomic E-state index is 0.142. The molecule has 0 unspecified atom stereocenters. The third-order valence-electron chi connectivity index (χ3n) is 3.47. The molecule has 0 radical (unpaired) electrons. The number of ether oxygens (including phenoxy) is 1.